The topological polar surface area (TPSA) is 71.5 Å². The first-order chi connectivity index (χ1) is 8.09. The Balaban J connectivity index is 1.99. The van der Waals surface area contributed by atoms with E-state index in [0.29, 0.717) is 6.54 Å². The highest BCUT2D eigenvalue weighted by Crippen LogP contribution is 2.25. The Hall–Kier alpha value is -1.62. The highest BCUT2D eigenvalue weighted by atomic mass is 16.5. The Morgan fingerprint density at radius 2 is 2.53 bits per heavy atom. The number of pyridine rings is 1. The van der Waals surface area contributed by atoms with Gasteiger partial charge in [0.1, 0.15) is 5.69 Å². The molecule has 17 heavy (non-hydrogen) atoms. The molecule has 1 saturated heterocycles. The molecule has 0 aromatic carbocycles. The van der Waals surface area contributed by atoms with Crippen molar-refractivity contribution in [2.45, 2.75) is 25.4 Å². The number of anilines is 1. The molecule has 5 heteroatoms. The summed E-state index contributed by atoms with van der Waals surface area (Å²) in [7, 11) is 0. The maximum absolute atomic E-state index is 10.8. The third-order valence-electron chi connectivity index (χ3n) is 2.95. The molecule has 2 rings (SSSR count). The van der Waals surface area contributed by atoms with Crippen LogP contribution in [0.15, 0.2) is 18.3 Å². The zero-order valence-electron chi connectivity index (χ0n) is 9.77. The van der Waals surface area contributed by atoms with Crippen molar-refractivity contribution in [3.8, 4) is 0 Å². The van der Waals surface area contributed by atoms with E-state index >= 15 is 0 Å². The van der Waals surface area contributed by atoms with Crippen molar-refractivity contribution in [1.29, 1.82) is 0 Å². The summed E-state index contributed by atoms with van der Waals surface area (Å²) in [4.78, 5) is 14.5. The van der Waals surface area contributed by atoms with Gasteiger partial charge in [-0.25, -0.2) is 9.78 Å². The lowest BCUT2D eigenvalue weighted by Gasteiger charge is -2.24. The summed E-state index contributed by atoms with van der Waals surface area (Å²) in [6.45, 7) is 3.54. The van der Waals surface area contributed by atoms with Gasteiger partial charge in [-0.15, -0.1) is 0 Å². The Bertz CT molecular complexity index is 414. The summed E-state index contributed by atoms with van der Waals surface area (Å²) >= 11 is 0. The first kappa shape index (κ1) is 11.9. The third-order valence-corrected chi connectivity index (χ3v) is 2.95. The number of aromatic nitrogens is 1. The van der Waals surface area contributed by atoms with Crippen LogP contribution in [0.5, 0.6) is 0 Å². The summed E-state index contributed by atoms with van der Waals surface area (Å²) in [5.41, 5.74) is 0.661. The fourth-order valence-corrected chi connectivity index (χ4v) is 1.92. The van der Waals surface area contributed by atoms with Gasteiger partial charge in [0.15, 0.2) is 0 Å². The van der Waals surface area contributed by atoms with E-state index in [1.165, 1.54) is 12.3 Å². The van der Waals surface area contributed by atoms with Gasteiger partial charge in [0.05, 0.1) is 5.60 Å². The van der Waals surface area contributed by atoms with Gasteiger partial charge >= 0.3 is 5.97 Å². The van der Waals surface area contributed by atoms with Crippen LogP contribution in [0, 0.1) is 0 Å². The first-order valence-corrected chi connectivity index (χ1v) is 5.66. The van der Waals surface area contributed by atoms with Gasteiger partial charge in [-0.1, -0.05) is 0 Å². The van der Waals surface area contributed by atoms with Crippen LogP contribution in [0.1, 0.15) is 30.3 Å². The number of hydrogen-bond acceptors (Lipinski definition) is 4. The minimum Gasteiger partial charge on any atom is -0.477 e. The van der Waals surface area contributed by atoms with E-state index in [9.17, 15) is 4.79 Å². The largest absolute Gasteiger partial charge is 0.477 e. The second kappa shape index (κ2) is 4.71. The van der Waals surface area contributed by atoms with Crippen LogP contribution in [0.4, 0.5) is 5.69 Å². The molecule has 0 saturated carbocycles. The molecule has 92 valence electrons. The van der Waals surface area contributed by atoms with Crippen molar-refractivity contribution in [3.63, 3.8) is 0 Å². The lowest BCUT2D eigenvalue weighted by atomic mass is 10.0. The monoisotopic (exact) mass is 236 g/mol. The van der Waals surface area contributed by atoms with Gasteiger partial charge in [0, 0.05) is 25.0 Å². The molecule has 1 aliphatic rings. The summed E-state index contributed by atoms with van der Waals surface area (Å²) in [6, 6.07) is 3.28. The zero-order chi connectivity index (χ0) is 12.3. The summed E-state index contributed by atoms with van der Waals surface area (Å²) in [5.74, 6) is -1.02. The lowest BCUT2D eigenvalue weighted by Crippen LogP contribution is -2.32. The SMILES string of the molecule is CC1(CNc2ccnc(C(=O)O)c2)CCCO1. The quantitative estimate of drug-likeness (QED) is 0.833. The number of aromatic carboxylic acids is 1. The van der Waals surface area contributed by atoms with E-state index in [2.05, 4.69) is 17.2 Å². The maximum Gasteiger partial charge on any atom is 0.354 e. The van der Waals surface area contributed by atoms with E-state index in [4.69, 9.17) is 9.84 Å². The Labute approximate surface area is 99.8 Å². The van der Waals surface area contributed by atoms with Crippen LogP contribution in [0.3, 0.4) is 0 Å². The predicted molar refractivity (Wildman–Crippen MR) is 63.3 cm³/mol. The van der Waals surface area contributed by atoms with Gasteiger partial charge in [-0.05, 0) is 31.9 Å². The molecule has 0 aliphatic carbocycles. The van der Waals surface area contributed by atoms with Crippen LogP contribution >= 0.6 is 0 Å². The molecule has 2 heterocycles. The fourth-order valence-electron chi connectivity index (χ4n) is 1.92. The number of ether oxygens (including phenoxy) is 1. The van der Waals surface area contributed by atoms with Gasteiger partial charge < -0.3 is 15.2 Å². The minimum atomic E-state index is -1.02. The molecule has 1 atom stereocenters. The van der Waals surface area contributed by atoms with Crippen LogP contribution in [-0.2, 0) is 4.74 Å². The molecule has 0 amide bonds. The molecular formula is C12H16N2O3. The predicted octanol–water partition coefficient (Wildman–Crippen LogP) is 1.76. The zero-order valence-corrected chi connectivity index (χ0v) is 9.77. The average molecular weight is 236 g/mol. The van der Waals surface area contributed by atoms with E-state index in [1.807, 2.05) is 0 Å². The van der Waals surface area contributed by atoms with Crippen LogP contribution in [-0.4, -0.2) is 34.8 Å². The minimum absolute atomic E-state index is 0.0486. The molecule has 1 unspecified atom stereocenters. The maximum atomic E-state index is 10.8. The van der Waals surface area contributed by atoms with Gasteiger partial charge in [-0.2, -0.15) is 0 Å². The molecule has 0 spiro atoms. The number of hydrogen-bond donors (Lipinski definition) is 2. The average Bonchev–Trinajstić information content (AvgIpc) is 2.75. The normalized spacial score (nSPS) is 23.6. The van der Waals surface area contributed by atoms with Crippen molar-refractivity contribution in [2.75, 3.05) is 18.5 Å². The van der Waals surface area contributed by atoms with Gasteiger partial charge in [-0.3, -0.25) is 0 Å². The van der Waals surface area contributed by atoms with Crippen molar-refractivity contribution >= 4 is 11.7 Å². The standard InChI is InChI=1S/C12H16N2O3/c1-12(4-2-6-17-12)8-14-9-3-5-13-10(7-9)11(15)16/h3,5,7H,2,4,6,8H2,1H3,(H,13,14)(H,15,16). The molecule has 2 N–H and O–H groups in total. The molecule has 1 aromatic rings. The second-order valence-electron chi connectivity index (χ2n) is 4.49. The van der Waals surface area contributed by atoms with Crippen LogP contribution in [0.25, 0.3) is 0 Å². The Morgan fingerprint density at radius 3 is 3.18 bits per heavy atom. The van der Waals surface area contributed by atoms with Crippen molar-refractivity contribution in [3.05, 3.63) is 24.0 Å². The molecule has 1 aromatic heterocycles. The van der Waals surface area contributed by atoms with Crippen LogP contribution in [0.2, 0.25) is 0 Å². The number of nitrogens with zero attached hydrogens (tertiary/aromatic N) is 1. The van der Waals surface area contributed by atoms with Crippen molar-refractivity contribution in [2.24, 2.45) is 0 Å². The molecule has 1 aliphatic heterocycles. The smallest absolute Gasteiger partial charge is 0.354 e. The van der Waals surface area contributed by atoms with E-state index in [1.54, 1.807) is 6.07 Å². The summed E-state index contributed by atoms with van der Waals surface area (Å²) in [5, 5.41) is 12.0. The van der Waals surface area contributed by atoms with Crippen molar-refractivity contribution < 1.29 is 14.6 Å². The molecular weight excluding hydrogens is 220 g/mol. The molecule has 5 nitrogen and oxygen atoms in total. The number of carbonyl (C=O) groups is 1. The Morgan fingerprint density at radius 1 is 1.71 bits per heavy atom. The number of nitrogens with one attached hydrogen (secondary N) is 1. The van der Waals surface area contributed by atoms with E-state index in [-0.39, 0.29) is 11.3 Å². The third kappa shape index (κ3) is 2.94. The second-order valence-corrected chi connectivity index (χ2v) is 4.49. The van der Waals surface area contributed by atoms with Gasteiger partial charge in [0.25, 0.3) is 0 Å². The number of carboxylic acid groups (broad SMARTS) is 1. The summed E-state index contributed by atoms with van der Waals surface area (Å²) < 4.78 is 5.65. The number of rotatable bonds is 4. The van der Waals surface area contributed by atoms with Crippen molar-refractivity contribution in [1.82, 2.24) is 4.98 Å². The first-order valence-electron chi connectivity index (χ1n) is 5.66. The number of carboxylic acids is 1. The molecule has 1 fully saturated rings. The van der Waals surface area contributed by atoms with E-state index in [0.717, 1.165) is 25.1 Å². The molecule has 0 bridgehead atoms. The summed E-state index contributed by atoms with van der Waals surface area (Å²) in [6.07, 6.45) is 3.59. The lowest BCUT2D eigenvalue weighted by molar-refractivity contribution is 0.0315. The molecule has 0 radical (unpaired) electrons. The highest BCUT2D eigenvalue weighted by molar-refractivity contribution is 5.86. The van der Waals surface area contributed by atoms with Crippen LogP contribution < -0.4 is 5.32 Å². The van der Waals surface area contributed by atoms with E-state index < -0.39 is 5.97 Å². The fraction of sp³-hybridized carbons (Fsp3) is 0.500. The Kier molecular flexibility index (Phi) is 3.28. The highest BCUT2D eigenvalue weighted by Gasteiger charge is 2.29. The van der Waals surface area contributed by atoms with Gasteiger partial charge in [0.2, 0.25) is 0 Å².